The molecule has 0 unspecified atom stereocenters. The van der Waals surface area contributed by atoms with Crippen molar-refractivity contribution in [2.24, 2.45) is 0 Å². The Kier molecular flexibility index (Phi) is 6.96. The van der Waals surface area contributed by atoms with E-state index in [9.17, 15) is 23.2 Å². The van der Waals surface area contributed by atoms with Crippen LogP contribution >= 0.6 is 0 Å². The van der Waals surface area contributed by atoms with E-state index in [0.717, 1.165) is 5.56 Å². The zero-order chi connectivity index (χ0) is 26.1. The number of carbonyl (C=O) groups excluding carboxylic acids is 2. The lowest BCUT2D eigenvalue weighted by Crippen LogP contribution is -2.43. The van der Waals surface area contributed by atoms with Gasteiger partial charge < -0.3 is 4.98 Å². The summed E-state index contributed by atoms with van der Waals surface area (Å²) in [4.78, 5) is 49.1. The third-order valence-corrected chi connectivity index (χ3v) is 7.07. The second-order valence-electron chi connectivity index (χ2n) is 9.56. The monoisotopic (exact) mass is 510 g/mol. The second kappa shape index (κ2) is 10.3. The summed E-state index contributed by atoms with van der Waals surface area (Å²) in [6.07, 6.45) is 2.84. The van der Waals surface area contributed by atoms with Gasteiger partial charge >= 0.3 is 0 Å². The number of hydrazine groups is 1. The first kappa shape index (κ1) is 24.9. The first-order valence-electron chi connectivity index (χ1n) is 12.5. The van der Waals surface area contributed by atoms with Gasteiger partial charge in [0, 0.05) is 25.1 Å². The van der Waals surface area contributed by atoms with E-state index in [0.29, 0.717) is 75.1 Å². The number of aromatic amines is 1. The van der Waals surface area contributed by atoms with Crippen LogP contribution in [0.4, 0.5) is 8.78 Å². The van der Waals surface area contributed by atoms with E-state index < -0.39 is 17.7 Å². The number of aryl methyl sites for hydroxylation is 1. The van der Waals surface area contributed by atoms with Crippen LogP contribution in [0.5, 0.6) is 0 Å². The summed E-state index contributed by atoms with van der Waals surface area (Å²) < 4.78 is 29.5. The summed E-state index contributed by atoms with van der Waals surface area (Å²) in [6, 6.07) is 6.27. The molecule has 2 aromatic heterocycles. The van der Waals surface area contributed by atoms with Gasteiger partial charge in [0.2, 0.25) is 11.9 Å². The van der Waals surface area contributed by atoms with Crippen LogP contribution in [0, 0.1) is 11.8 Å². The first-order valence-corrected chi connectivity index (χ1v) is 12.5. The Bertz CT molecular complexity index is 1420. The quantitative estimate of drug-likeness (QED) is 0.494. The van der Waals surface area contributed by atoms with Crippen molar-refractivity contribution in [3.63, 3.8) is 0 Å². The van der Waals surface area contributed by atoms with E-state index in [4.69, 9.17) is 0 Å². The van der Waals surface area contributed by atoms with E-state index in [1.807, 2.05) is 0 Å². The number of aromatic nitrogens is 3. The highest BCUT2D eigenvalue weighted by Crippen LogP contribution is 2.30. The molecule has 3 aromatic rings. The Morgan fingerprint density at radius 1 is 1.14 bits per heavy atom. The molecule has 0 spiro atoms. The molecule has 0 bridgehead atoms. The third-order valence-electron chi connectivity index (χ3n) is 7.07. The number of nitrogens with one attached hydrogen (secondary N) is 2. The average Bonchev–Trinajstić information content (AvgIpc) is 3.28. The predicted octanol–water partition coefficient (Wildman–Crippen LogP) is 2.81. The van der Waals surface area contributed by atoms with E-state index in [-0.39, 0.29) is 28.6 Å². The maximum Gasteiger partial charge on any atom is 0.288 e. The molecular weight excluding hydrogens is 482 g/mol. The Morgan fingerprint density at radius 2 is 1.92 bits per heavy atom. The van der Waals surface area contributed by atoms with Crippen LogP contribution in [0.25, 0.3) is 11.0 Å². The molecule has 4 heterocycles. The Morgan fingerprint density at radius 3 is 2.59 bits per heavy atom. The number of pyridine rings is 1. The number of likely N-dealkylation sites (tertiary alicyclic amines) is 1. The number of carbonyl (C=O) groups is 2. The number of hydrogen-bond acceptors (Lipinski definition) is 6. The van der Waals surface area contributed by atoms with Gasteiger partial charge in [-0.3, -0.25) is 29.7 Å². The Hall–Kier alpha value is -3.73. The molecule has 0 saturated carbocycles. The number of fused-ring (bicyclic) bond motifs is 1. The van der Waals surface area contributed by atoms with Crippen molar-refractivity contribution < 1.29 is 18.4 Å². The highest BCUT2D eigenvalue weighted by molar-refractivity contribution is 5.94. The molecule has 9 nitrogen and oxygen atoms in total. The van der Waals surface area contributed by atoms with E-state index >= 15 is 0 Å². The maximum absolute atomic E-state index is 14.8. The Labute approximate surface area is 211 Å². The lowest BCUT2D eigenvalue weighted by atomic mass is 9.90. The lowest BCUT2D eigenvalue weighted by Gasteiger charge is -2.32. The van der Waals surface area contributed by atoms with Crippen LogP contribution in [0.3, 0.4) is 0 Å². The number of halogens is 2. The van der Waals surface area contributed by atoms with Crippen LogP contribution in [-0.2, 0) is 17.8 Å². The molecule has 2 aliphatic rings. The molecule has 2 saturated heterocycles. The number of piperidine rings is 1. The van der Waals surface area contributed by atoms with Gasteiger partial charge in [-0.15, -0.1) is 0 Å². The summed E-state index contributed by atoms with van der Waals surface area (Å²) in [6.45, 7) is 4.07. The molecule has 194 valence electrons. The van der Waals surface area contributed by atoms with Gasteiger partial charge in [-0.1, -0.05) is 13.0 Å². The summed E-state index contributed by atoms with van der Waals surface area (Å²) in [5.41, 5.74) is 4.12. The molecule has 11 heteroatoms. The van der Waals surface area contributed by atoms with Crippen molar-refractivity contribution >= 4 is 22.8 Å². The number of rotatable bonds is 6. The molecule has 2 fully saturated rings. The normalized spacial score (nSPS) is 17.1. The first-order chi connectivity index (χ1) is 17.8. The van der Waals surface area contributed by atoms with E-state index in [1.54, 1.807) is 19.1 Å². The SMILES string of the molecule is CCc1nc2c(F)cc(CN3CCC(c4ccc(C(=O)NN5CCCC5=O)nc4F)CC3)cc2[nH]c1=O. The standard InChI is InChI=1S/C26H28F2N6O3/c1-2-19-25(36)31-21-13-15(12-18(27)23(21)29-19)14-33-10-7-16(8-11-33)17-5-6-20(30-24(17)28)26(37)32-34-9-3-4-22(34)35/h5-6,12-13,16H,2-4,7-11,14H2,1H3,(H,31,36)(H,32,37). The largest absolute Gasteiger partial charge is 0.319 e. The predicted molar refractivity (Wildman–Crippen MR) is 132 cm³/mol. The Balaban J connectivity index is 1.21. The van der Waals surface area contributed by atoms with Crippen molar-refractivity contribution in [3.05, 3.63) is 68.9 Å². The average molecular weight is 511 g/mol. The van der Waals surface area contributed by atoms with E-state index in [1.165, 1.54) is 17.1 Å². The van der Waals surface area contributed by atoms with Gasteiger partial charge in [0.05, 0.1) is 5.52 Å². The molecule has 2 aliphatic heterocycles. The van der Waals surface area contributed by atoms with Gasteiger partial charge in [-0.05, 0) is 68.5 Å². The van der Waals surface area contributed by atoms with Crippen molar-refractivity contribution in [1.29, 1.82) is 0 Å². The van der Waals surface area contributed by atoms with Gasteiger partial charge in [0.1, 0.15) is 16.9 Å². The number of benzene rings is 1. The fourth-order valence-electron chi connectivity index (χ4n) is 5.06. The van der Waals surface area contributed by atoms with Gasteiger partial charge in [-0.25, -0.2) is 14.4 Å². The minimum absolute atomic E-state index is 0.0534. The van der Waals surface area contributed by atoms with Gasteiger partial charge in [0.15, 0.2) is 5.82 Å². The minimum Gasteiger partial charge on any atom is -0.319 e. The van der Waals surface area contributed by atoms with Crippen LogP contribution in [0.15, 0.2) is 29.1 Å². The zero-order valence-electron chi connectivity index (χ0n) is 20.5. The fraction of sp³-hybridized carbons (Fsp3) is 0.423. The van der Waals surface area contributed by atoms with Crippen molar-refractivity contribution in [1.82, 2.24) is 30.3 Å². The summed E-state index contributed by atoms with van der Waals surface area (Å²) in [5.74, 6) is -1.99. The molecule has 2 N–H and O–H groups in total. The number of H-pyrrole nitrogens is 1. The molecule has 0 atom stereocenters. The third kappa shape index (κ3) is 5.22. The topological polar surface area (TPSA) is 111 Å². The van der Waals surface area contributed by atoms with Crippen LogP contribution < -0.4 is 11.0 Å². The van der Waals surface area contributed by atoms with Crippen LogP contribution in [-0.4, -0.2) is 56.3 Å². The lowest BCUT2D eigenvalue weighted by molar-refractivity contribution is -0.129. The molecule has 2 amide bonds. The highest BCUT2D eigenvalue weighted by Gasteiger charge is 2.26. The number of nitrogens with zero attached hydrogens (tertiary/aromatic N) is 4. The minimum atomic E-state index is -0.682. The molecule has 0 aliphatic carbocycles. The van der Waals surface area contributed by atoms with Crippen LogP contribution in [0.2, 0.25) is 0 Å². The molecule has 0 radical (unpaired) electrons. The number of hydrogen-bond donors (Lipinski definition) is 2. The van der Waals surface area contributed by atoms with Crippen molar-refractivity contribution in [2.45, 2.75) is 51.5 Å². The summed E-state index contributed by atoms with van der Waals surface area (Å²) in [7, 11) is 0. The fourth-order valence-corrected chi connectivity index (χ4v) is 5.06. The molecular formula is C26H28F2N6O3. The van der Waals surface area contributed by atoms with Crippen molar-refractivity contribution in [2.75, 3.05) is 19.6 Å². The van der Waals surface area contributed by atoms with Gasteiger partial charge in [-0.2, -0.15) is 4.39 Å². The number of amides is 2. The van der Waals surface area contributed by atoms with Crippen molar-refractivity contribution in [3.8, 4) is 0 Å². The molecule has 37 heavy (non-hydrogen) atoms. The summed E-state index contributed by atoms with van der Waals surface area (Å²) >= 11 is 0. The highest BCUT2D eigenvalue weighted by atomic mass is 19.1. The second-order valence-corrected chi connectivity index (χ2v) is 9.56. The maximum atomic E-state index is 14.8. The van der Waals surface area contributed by atoms with Crippen LogP contribution in [0.1, 0.15) is 65.8 Å². The smallest absolute Gasteiger partial charge is 0.288 e. The van der Waals surface area contributed by atoms with E-state index in [2.05, 4.69) is 25.3 Å². The zero-order valence-corrected chi connectivity index (χ0v) is 20.5. The summed E-state index contributed by atoms with van der Waals surface area (Å²) in [5, 5.41) is 1.24. The van der Waals surface area contributed by atoms with Gasteiger partial charge in [0.25, 0.3) is 11.5 Å². The molecule has 5 rings (SSSR count). The molecule has 1 aromatic carbocycles.